The smallest absolute Gasteiger partial charge is 0.407 e. The third-order valence-electron chi connectivity index (χ3n) is 10.9. The topological polar surface area (TPSA) is 58.6 Å². The number of ether oxygens (including phenoxy) is 1. The summed E-state index contributed by atoms with van der Waals surface area (Å²) in [6.07, 6.45) is 6.19. The van der Waals surface area contributed by atoms with Gasteiger partial charge in [-0.25, -0.2) is 4.79 Å². The molecule has 2 heterocycles. The summed E-state index contributed by atoms with van der Waals surface area (Å²) >= 11 is 0. The van der Waals surface area contributed by atoms with E-state index in [4.69, 9.17) is 4.74 Å². The van der Waals surface area contributed by atoms with Crippen LogP contribution in [0.3, 0.4) is 0 Å². The number of benzene rings is 1. The first-order valence-corrected chi connectivity index (χ1v) is 13.9. The normalized spacial score (nSPS) is 41.9. The van der Waals surface area contributed by atoms with Gasteiger partial charge in [-0.1, -0.05) is 44.2 Å². The van der Waals surface area contributed by atoms with Crippen molar-refractivity contribution in [2.75, 3.05) is 6.54 Å². The van der Waals surface area contributed by atoms with E-state index in [2.05, 4.69) is 44.8 Å². The zero-order chi connectivity index (χ0) is 25.0. The van der Waals surface area contributed by atoms with Gasteiger partial charge in [0.05, 0.1) is 6.04 Å². The van der Waals surface area contributed by atoms with Crippen molar-refractivity contribution in [3.63, 3.8) is 0 Å². The van der Waals surface area contributed by atoms with E-state index in [1.165, 1.54) is 25.7 Å². The van der Waals surface area contributed by atoms with Crippen LogP contribution in [-0.2, 0) is 16.1 Å². The van der Waals surface area contributed by atoms with Gasteiger partial charge in [-0.05, 0) is 94.1 Å². The van der Waals surface area contributed by atoms with Crippen molar-refractivity contribution >= 4 is 11.9 Å². The van der Waals surface area contributed by atoms with Gasteiger partial charge < -0.3 is 10.1 Å². The summed E-state index contributed by atoms with van der Waals surface area (Å²) in [6, 6.07) is 10.1. The number of ketones is 1. The Labute approximate surface area is 211 Å². The van der Waals surface area contributed by atoms with Crippen LogP contribution in [0, 0.1) is 35.0 Å². The molecule has 9 atom stereocenters. The van der Waals surface area contributed by atoms with Gasteiger partial charge in [0, 0.05) is 24.4 Å². The maximum atomic E-state index is 12.7. The Hall–Kier alpha value is -1.88. The SMILES string of the molecule is CC1C[C@H]2[C@@H]3CCN4C(C)C(=O)CC[C@]4(C)[C@H]3CC[C@]2(C)[C@H]1C(C)OC(=O)NCc1ccccc1. The molecule has 5 nitrogen and oxygen atoms in total. The minimum absolute atomic E-state index is 0.0704. The molecule has 2 aliphatic carbocycles. The molecule has 0 bridgehead atoms. The lowest BCUT2D eigenvalue weighted by Crippen LogP contribution is -2.67. The second-order valence-corrected chi connectivity index (χ2v) is 12.6. The van der Waals surface area contributed by atoms with Crippen LogP contribution in [0.4, 0.5) is 4.79 Å². The van der Waals surface area contributed by atoms with Crippen LogP contribution in [0.5, 0.6) is 0 Å². The molecule has 35 heavy (non-hydrogen) atoms. The molecule has 0 aromatic heterocycles. The highest BCUT2D eigenvalue weighted by molar-refractivity contribution is 5.84. The summed E-state index contributed by atoms with van der Waals surface area (Å²) < 4.78 is 6.01. The van der Waals surface area contributed by atoms with Gasteiger partial charge in [0.2, 0.25) is 0 Å². The van der Waals surface area contributed by atoms with E-state index in [1.807, 2.05) is 30.3 Å². The van der Waals surface area contributed by atoms with Crippen molar-refractivity contribution in [2.24, 2.45) is 35.0 Å². The number of alkyl carbamates (subject to hydrolysis) is 1. The Bertz CT molecular complexity index is 950. The summed E-state index contributed by atoms with van der Waals surface area (Å²) in [6.45, 7) is 13.1. The monoisotopic (exact) mass is 480 g/mol. The fourth-order valence-corrected chi connectivity index (χ4v) is 9.40. The Morgan fingerprint density at radius 3 is 2.63 bits per heavy atom. The molecule has 5 rings (SSSR count). The second kappa shape index (κ2) is 9.21. The van der Waals surface area contributed by atoms with Crippen LogP contribution in [0.15, 0.2) is 30.3 Å². The van der Waals surface area contributed by atoms with Gasteiger partial charge in [-0.2, -0.15) is 0 Å². The van der Waals surface area contributed by atoms with E-state index in [-0.39, 0.29) is 29.2 Å². The highest BCUT2D eigenvalue weighted by Gasteiger charge is 2.63. The average Bonchev–Trinajstić information content (AvgIpc) is 3.11. The van der Waals surface area contributed by atoms with E-state index in [0.29, 0.717) is 41.9 Å². The van der Waals surface area contributed by atoms with Crippen LogP contribution in [0.25, 0.3) is 0 Å². The second-order valence-electron chi connectivity index (χ2n) is 12.6. The number of rotatable bonds is 4. The molecule has 1 aromatic carbocycles. The molecule has 3 unspecified atom stereocenters. The number of carbonyl (C=O) groups is 2. The van der Waals surface area contributed by atoms with E-state index in [9.17, 15) is 9.59 Å². The molecule has 2 saturated carbocycles. The Morgan fingerprint density at radius 2 is 1.89 bits per heavy atom. The van der Waals surface area contributed by atoms with E-state index < -0.39 is 0 Å². The molecule has 1 aromatic rings. The van der Waals surface area contributed by atoms with Crippen LogP contribution in [0.2, 0.25) is 0 Å². The third kappa shape index (κ3) is 4.12. The predicted molar refractivity (Wildman–Crippen MR) is 138 cm³/mol. The molecule has 4 fully saturated rings. The highest BCUT2D eigenvalue weighted by atomic mass is 16.6. The van der Waals surface area contributed by atoms with Crippen molar-refractivity contribution < 1.29 is 14.3 Å². The van der Waals surface area contributed by atoms with Gasteiger partial charge in [-0.15, -0.1) is 0 Å². The van der Waals surface area contributed by atoms with E-state index in [1.54, 1.807) is 0 Å². The quantitative estimate of drug-likeness (QED) is 0.590. The van der Waals surface area contributed by atoms with Gasteiger partial charge in [0.1, 0.15) is 11.9 Å². The van der Waals surface area contributed by atoms with Crippen molar-refractivity contribution in [3.05, 3.63) is 35.9 Å². The van der Waals surface area contributed by atoms with Crippen LogP contribution in [0.1, 0.15) is 78.7 Å². The average molecular weight is 481 g/mol. The minimum atomic E-state index is -0.309. The number of nitrogens with zero attached hydrogens (tertiary/aromatic N) is 1. The standard InChI is InChI=1S/C30H44N2O3/c1-19-17-25-23-13-16-32-20(2)26(33)12-15-30(32,5)24(23)11-14-29(25,4)27(19)21(3)35-28(34)31-18-22-9-7-6-8-10-22/h6-10,19-21,23-25,27H,11-18H2,1-5H3,(H,31,34)/t19?,20?,21?,23-,24+,25+,27-,29+,30-/m1/s1. The molecule has 2 saturated heterocycles. The molecular weight excluding hydrogens is 436 g/mol. The van der Waals surface area contributed by atoms with E-state index in [0.717, 1.165) is 24.9 Å². The third-order valence-corrected chi connectivity index (χ3v) is 10.9. The summed E-state index contributed by atoms with van der Waals surface area (Å²) in [7, 11) is 0. The zero-order valence-corrected chi connectivity index (χ0v) is 22.3. The number of hydrogen-bond donors (Lipinski definition) is 1. The molecule has 5 heteroatoms. The Balaban J connectivity index is 1.28. The number of hydrogen-bond acceptors (Lipinski definition) is 4. The Morgan fingerprint density at radius 1 is 1.14 bits per heavy atom. The molecule has 2 aliphatic heterocycles. The Kier molecular flexibility index (Phi) is 6.52. The maximum absolute atomic E-state index is 12.7. The number of nitrogens with one attached hydrogen (secondary N) is 1. The number of fused-ring (bicyclic) bond motifs is 5. The molecular formula is C30H44N2O3. The van der Waals surface area contributed by atoms with Gasteiger partial charge >= 0.3 is 6.09 Å². The fraction of sp³-hybridized carbons (Fsp3) is 0.733. The van der Waals surface area contributed by atoms with Crippen molar-refractivity contribution in [2.45, 2.75) is 97.4 Å². The fourth-order valence-electron chi connectivity index (χ4n) is 9.40. The lowest BCUT2D eigenvalue weighted by molar-refractivity contribution is -0.155. The van der Waals surface area contributed by atoms with Crippen molar-refractivity contribution in [1.82, 2.24) is 10.2 Å². The lowest BCUT2D eigenvalue weighted by atomic mass is 9.51. The van der Waals surface area contributed by atoms with Gasteiger partial charge in [0.25, 0.3) is 0 Å². The summed E-state index contributed by atoms with van der Waals surface area (Å²) in [5.74, 6) is 3.40. The van der Waals surface area contributed by atoms with E-state index >= 15 is 0 Å². The van der Waals surface area contributed by atoms with Crippen molar-refractivity contribution in [3.8, 4) is 0 Å². The number of piperidine rings is 2. The molecule has 4 aliphatic rings. The summed E-state index contributed by atoms with van der Waals surface area (Å²) in [4.78, 5) is 27.7. The first-order valence-electron chi connectivity index (χ1n) is 13.9. The largest absolute Gasteiger partial charge is 0.446 e. The molecule has 0 spiro atoms. The first kappa shape index (κ1) is 24.8. The molecule has 192 valence electrons. The predicted octanol–water partition coefficient (Wildman–Crippen LogP) is 5.82. The summed E-state index contributed by atoms with van der Waals surface area (Å²) in [5, 5.41) is 2.95. The van der Waals surface area contributed by atoms with Crippen molar-refractivity contribution in [1.29, 1.82) is 0 Å². The number of carbonyl (C=O) groups excluding carboxylic acids is 2. The lowest BCUT2D eigenvalue weighted by Gasteiger charge is -2.62. The first-order chi connectivity index (χ1) is 16.6. The summed E-state index contributed by atoms with van der Waals surface area (Å²) in [5.41, 5.74) is 1.43. The number of Topliss-reactive ketones (excluding diaryl/α,β-unsaturated/α-hetero) is 1. The molecule has 1 N–H and O–H groups in total. The highest BCUT2D eigenvalue weighted by Crippen LogP contribution is 2.65. The molecule has 1 amide bonds. The minimum Gasteiger partial charge on any atom is -0.446 e. The van der Waals surface area contributed by atoms with Crippen LogP contribution < -0.4 is 5.32 Å². The van der Waals surface area contributed by atoms with Crippen LogP contribution >= 0.6 is 0 Å². The number of amides is 1. The maximum Gasteiger partial charge on any atom is 0.407 e. The van der Waals surface area contributed by atoms with Gasteiger partial charge in [0.15, 0.2) is 0 Å². The zero-order valence-electron chi connectivity index (χ0n) is 22.3. The van der Waals surface area contributed by atoms with Crippen LogP contribution in [-0.4, -0.2) is 41.0 Å². The molecule has 0 radical (unpaired) electrons. The van der Waals surface area contributed by atoms with Gasteiger partial charge in [-0.3, -0.25) is 9.69 Å².